The smallest absolute Gasteiger partial charge is 0.353 e. The van der Waals surface area contributed by atoms with E-state index in [1.807, 2.05) is 18.2 Å². The van der Waals surface area contributed by atoms with E-state index in [1.54, 1.807) is 0 Å². The van der Waals surface area contributed by atoms with Crippen LogP contribution in [-0.4, -0.2) is 21.0 Å². The molecule has 104 valence electrons. The Morgan fingerprint density at radius 2 is 1.85 bits per heavy atom. The Morgan fingerprint density at radius 3 is 2.45 bits per heavy atom. The number of aromatic amines is 1. The van der Waals surface area contributed by atoms with Crippen LogP contribution in [-0.2, 0) is 5.41 Å². The molecule has 1 aliphatic carbocycles. The summed E-state index contributed by atoms with van der Waals surface area (Å²) in [4.78, 5) is 18.5. The highest BCUT2D eigenvalue weighted by molar-refractivity contribution is 5.85. The van der Waals surface area contributed by atoms with Crippen LogP contribution in [0.4, 0.5) is 0 Å². The number of benzene rings is 1. The number of H-pyrrole nitrogens is 1. The molecule has 0 unspecified atom stereocenters. The van der Waals surface area contributed by atoms with Crippen LogP contribution in [0.5, 0.6) is 0 Å². The van der Waals surface area contributed by atoms with Crippen LogP contribution in [0.2, 0.25) is 0 Å². The lowest BCUT2D eigenvalue weighted by atomic mass is 9.69. The first-order valence-corrected chi connectivity index (χ1v) is 7.07. The molecule has 1 saturated carbocycles. The topological polar surface area (TPSA) is 66.0 Å². The zero-order valence-corrected chi connectivity index (χ0v) is 11.3. The van der Waals surface area contributed by atoms with Crippen LogP contribution in [0.15, 0.2) is 36.5 Å². The summed E-state index contributed by atoms with van der Waals surface area (Å²) in [7, 11) is 0. The summed E-state index contributed by atoms with van der Waals surface area (Å²) < 4.78 is 0. The van der Waals surface area contributed by atoms with Gasteiger partial charge in [0.05, 0.1) is 11.6 Å². The van der Waals surface area contributed by atoms with Gasteiger partial charge in [0.2, 0.25) is 0 Å². The summed E-state index contributed by atoms with van der Waals surface area (Å²) in [6, 6.07) is 10.3. The number of aromatic carboxylic acids is 1. The van der Waals surface area contributed by atoms with Crippen molar-refractivity contribution in [3.63, 3.8) is 0 Å². The first kappa shape index (κ1) is 12.9. The third-order valence-corrected chi connectivity index (χ3v) is 4.29. The second-order valence-electron chi connectivity index (χ2n) is 5.46. The van der Waals surface area contributed by atoms with Gasteiger partial charge in [-0.2, -0.15) is 0 Å². The Labute approximate surface area is 117 Å². The number of nitrogens with zero attached hydrogens (tertiary/aromatic N) is 1. The lowest BCUT2D eigenvalue weighted by Crippen LogP contribution is -2.31. The first-order chi connectivity index (χ1) is 9.72. The van der Waals surface area contributed by atoms with Gasteiger partial charge in [0.25, 0.3) is 0 Å². The largest absolute Gasteiger partial charge is 0.477 e. The zero-order valence-electron chi connectivity index (χ0n) is 11.3. The number of rotatable bonds is 3. The van der Waals surface area contributed by atoms with Gasteiger partial charge in [-0.3, -0.25) is 0 Å². The molecule has 0 bridgehead atoms. The second kappa shape index (κ2) is 5.12. The summed E-state index contributed by atoms with van der Waals surface area (Å²) in [5.41, 5.74) is 1.24. The Kier molecular flexibility index (Phi) is 3.30. The third-order valence-electron chi connectivity index (χ3n) is 4.29. The molecule has 1 aliphatic rings. The fraction of sp³-hybridized carbons (Fsp3) is 0.375. The summed E-state index contributed by atoms with van der Waals surface area (Å²) in [6.45, 7) is 0. The van der Waals surface area contributed by atoms with Crippen LogP contribution in [0.3, 0.4) is 0 Å². The van der Waals surface area contributed by atoms with Crippen LogP contribution in [0, 0.1) is 0 Å². The Balaban J connectivity index is 2.07. The number of carboxylic acids is 1. The highest BCUT2D eigenvalue weighted by atomic mass is 16.4. The molecule has 1 aromatic heterocycles. The van der Waals surface area contributed by atoms with Gasteiger partial charge in [-0.1, -0.05) is 49.6 Å². The lowest BCUT2D eigenvalue weighted by molar-refractivity contribution is 0.0690. The van der Waals surface area contributed by atoms with Crippen LogP contribution >= 0.6 is 0 Å². The van der Waals surface area contributed by atoms with Gasteiger partial charge in [-0.05, 0) is 18.4 Å². The standard InChI is InChI=1S/C16H18N2O2/c19-14(20)13-11-17-15(18-13)16(9-5-2-6-10-16)12-7-3-1-4-8-12/h1,3-4,7-8,11H,2,5-6,9-10H2,(H,17,18)(H,19,20). The Morgan fingerprint density at radius 1 is 1.15 bits per heavy atom. The molecule has 4 heteroatoms. The minimum absolute atomic E-state index is 0.160. The van der Waals surface area contributed by atoms with Crippen LogP contribution < -0.4 is 0 Å². The van der Waals surface area contributed by atoms with E-state index in [2.05, 4.69) is 22.1 Å². The highest BCUT2D eigenvalue weighted by Crippen LogP contribution is 2.43. The van der Waals surface area contributed by atoms with Crippen molar-refractivity contribution in [3.05, 3.63) is 53.6 Å². The van der Waals surface area contributed by atoms with Gasteiger partial charge in [-0.15, -0.1) is 0 Å². The summed E-state index contributed by atoms with van der Waals surface area (Å²) in [6.07, 6.45) is 7.00. The minimum Gasteiger partial charge on any atom is -0.477 e. The van der Waals surface area contributed by atoms with Crippen molar-refractivity contribution >= 4 is 5.97 Å². The fourth-order valence-electron chi connectivity index (χ4n) is 3.25. The molecule has 0 amide bonds. The van der Waals surface area contributed by atoms with E-state index in [0.717, 1.165) is 31.5 Å². The van der Waals surface area contributed by atoms with Crippen molar-refractivity contribution in [1.82, 2.24) is 9.97 Å². The number of carboxylic acid groups (broad SMARTS) is 1. The summed E-state index contributed by atoms with van der Waals surface area (Å²) in [5.74, 6) is -0.163. The van der Waals surface area contributed by atoms with E-state index in [1.165, 1.54) is 18.2 Å². The molecule has 20 heavy (non-hydrogen) atoms. The number of imidazole rings is 1. The number of hydrogen-bond donors (Lipinski definition) is 2. The van der Waals surface area contributed by atoms with Gasteiger partial charge in [0.1, 0.15) is 11.5 Å². The second-order valence-corrected chi connectivity index (χ2v) is 5.46. The van der Waals surface area contributed by atoms with Crippen molar-refractivity contribution in [2.75, 3.05) is 0 Å². The number of hydrogen-bond acceptors (Lipinski definition) is 2. The highest BCUT2D eigenvalue weighted by Gasteiger charge is 2.38. The van der Waals surface area contributed by atoms with Crippen molar-refractivity contribution in [2.45, 2.75) is 37.5 Å². The summed E-state index contributed by atoms with van der Waals surface area (Å²) >= 11 is 0. The Hall–Kier alpha value is -2.10. The maximum Gasteiger partial charge on any atom is 0.353 e. The van der Waals surface area contributed by atoms with Crippen molar-refractivity contribution in [3.8, 4) is 0 Å². The molecule has 4 nitrogen and oxygen atoms in total. The van der Waals surface area contributed by atoms with Gasteiger partial charge in [-0.25, -0.2) is 9.78 Å². The lowest BCUT2D eigenvalue weighted by Gasteiger charge is -2.36. The molecule has 0 spiro atoms. The molecule has 3 rings (SSSR count). The maximum absolute atomic E-state index is 11.1. The molecular formula is C16H18N2O2. The van der Waals surface area contributed by atoms with E-state index in [0.29, 0.717) is 0 Å². The van der Waals surface area contributed by atoms with Crippen LogP contribution in [0.1, 0.15) is 54.0 Å². The minimum atomic E-state index is -0.956. The van der Waals surface area contributed by atoms with E-state index < -0.39 is 5.97 Å². The van der Waals surface area contributed by atoms with Crippen molar-refractivity contribution < 1.29 is 9.90 Å². The molecule has 2 N–H and O–H groups in total. The zero-order chi connectivity index (χ0) is 14.0. The first-order valence-electron chi connectivity index (χ1n) is 7.07. The molecule has 0 saturated heterocycles. The predicted molar refractivity (Wildman–Crippen MR) is 75.9 cm³/mol. The molecule has 0 radical (unpaired) electrons. The normalized spacial score (nSPS) is 17.8. The average Bonchev–Trinajstić information content (AvgIpc) is 2.99. The van der Waals surface area contributed by atoms with E-state index >= 15 is 0 Å². The van der Waals surface area contributed by atoms with Crippen molar-refractivity contribution in [2.24, 2.45) is 0 Å². The quantitative estimate of drug-likeness (QED) is 0.898. The SMILES string of the molecule is O=C(O)c1cnc(C2(c3ccccc3)CCCCC2)[nH]1. The number of carbonyl (C=O) groups is 1. The maximum atomic E-state index is 11.1. The summed E-state index contributed by atoms with van der Waals surface area (Å²) in [5, 5.41) is 9.08. The number of nitrogens with one attached hydrogen (secondary N) is 1. The third kappa shape index (κ3) is 2.11. The Bertz CT molecular complexity index is 598. The molecule has 1 fully saturated rings. The molecule has 2 aromatic rings. The predicted octanol–water partition coefficient (Wildman–Crippen LogP) is 3.36. The molecule has 1 heterocycles. The molecular weight excluding hydrogens is 252 g/mol. The van der Waals surface area contributed by atoms with Gasteiger partial charge < -0.3 is 10.1 Å². The monoisotopic (exact) mass is 270 g/mol. The number of aromatic nitrogens is 2. The van der Waals surface area contributed by atoms with Gasteiger partial charge in [0, 0.05) is 0 Å². The average molecular weight is 270 g/mol. The van der Waals surface area contributed by atoms with E-state index in [-0.39, 0.29) is 11.1 Å². The van der Waals surface area contributed by atoms with Crippen LogP contribution in [0.25, 0.3) is 0 Å². The van der Waals surface area contributed by atoms with Crippen molar-refractivity contribution in [1.29, 1.82) is 0 Å². The van der Waals surface area contributed by atoms with E-state index in [4.69, 9.17) is 5.11 Å². The fourth-order valence-corrected chi connectivity index (χ4v) is 3.25. The van der Waals surface area contributed by atoms with Gasteiger partial charge in [0.15, 0.2) is 0 Å². The molecule has 1 aromatic carbocycles. The van der Waals surface area contributed by atoms with E-state index in [9.17, 15) is 4.79 Å². The molecule has 0 atom stereocenters. The van der Waals surface area contributed by atoms with Gasteiger partial charge >= 0.3 is 5.97 Å². The molecule has 0 aliphatic heterocycles.